The molecule has 2 rings (SSSR count). The Morgan fingerprint density at radius 2 is 1.82 bits per heavy atom. The van der Waals surface area contributed by atoms with E-state index in [0.29, 0.717) is 0 Å². The van der Waals surface area contributed by atoms with Gasteiger partial charge in [-0.1, -0.05) is 33.6 Å². The normalized spacial score (nSPS) is 10.5. The molecule has 0 bridgehead atoms. The fourth-order valence-electron chi connectivity index (χ4n) is 1.41. The summed E-state index contributed by atoms with van der Waals surface area (Å²) < 4.78 is 1.05. The van der Waals surface area contributed by atoms with Crippen LogP contribution in [0.5, 0.6) is 0 Å². The molecule has 0 fully saturated rings. The van der Waals surface area contributed by atoms with Gasteiger partial charge in [-0.3, -0.25) is 0 Å². The molecule has 0 unspecified atom stereocenters. The van der Waals surface area contributed by atoms with Gasteiger partial charge < -0.3 is 5.73 Å². The van der Waals surface area contributed by atoms with Crippen LogP contribution in [0.4, 0.5) is 5.69 Å². The molecule has 0 spiro atoms. The van der Waals surface area contributed by atoms with Crippen LogP contribution in [0.1, 0.15) is 5.56 Å². The summed E-state index contributed by atoms with van der Waals surface area (Å²) in [6.07, 6.45) is 0. The molecule has 0 heterocycles. The second kappa shape index (κ2) is 5.80. The lowest BCUT2D eigenvalue weighted by Crippen LogP contribution is -1.93. The van der Waals surface area contributed by atoms with E-state index in [1.807, 2.05) is 42.5 Å². The third kappa shape index (κ3) is 3.41. The quantitative estimate of drug-likeness (QED) is 0.635. The fourth-order valence-corrected chi connectivity index (χ4v) is 3.21. The van der Waals surface area contributed by atoms with Gasteiger partial charge >= 0.3 is 0 Å². The van der Waals surface area contributed by atoms with Crippen molar-refractivity contribution in [1.29, 1.82) is 0 Å². The van der Waals surface area contributed by atoms with Crippen molar-refractivity contribution in [3.05, 3.63) is 57.5 Å². The average molecular weight is 329 g/mol. The van der Waals surface area contributed by atoms with Gasteiger partial charge in [0.15, 0.2) is 0 Å². The smallest absolute Gasteiger partial charge is 0.0406 e. The first kappa shape index (κ1) is 12.8. The Balaban J connectivity index is 2.10. The largest absolute Gasteiger partial charge is 0.398 e. The first-order chi connectivity index (χ1) is 8.16. The molecule has 0 amide bonds. The van der Waals surface area contributed by atoms with Crippen LogP contribution in [0.15, 0.2) is 51.8 Å². The number of nitrogen functional groups attached to an aromatic ring is 1. The summed E-state index contributed by atoms with van der Waals surface area (Å²) in [5, 5.41) is 0.759. The van der Waals surface area contributed by atoms with Gasteiger partial charge in [0, 0.05) is 25.8 Å². The fraction of sp³-hybridized carbons (Fsp3) is 0.0769. The van der Waals surface area contributed by atoms with Crippen LogP contribution in [0.25, 0.3) is 0 Å². The van der Waals surface area contributed by atoms with E-state index in [2.05, 4.69) is 15.9 Å². The molecule has 2 aromatic carbocycles. The van der Waals surface area contributed by atoms with E-state index in [9.17, 15) is 0 Å². The summed E-state index contributed by atoms with van der Waals surface area (Å²) in [7, 11) is 0. The molecule has 0 saturated carbocycles. The Kier molecular flexibility index (Phi) is 4.37. The first-order valence-corrected chi connectivity index (χ1v) is 7.23. The van der Waals surface area contributed by atoms with Crippen molar-refractivity contribution in [2.45, 2.75) is 10.6 Å². The third-order valence-electron chi connectivity index (χ3n) is 2.35. The summed E-state index contributed by atoms with van der Waals surface area (Å²) in [5.74, 6) is 0.842. The van der Waals surface area contributed by atoms with E-state index in [4.69, 9.17) is 17.3 Å². The molecule has 2 N–H and O–H groups in total. The van der Waals surface area contributed by atoms with Gasteiger partial charge in [-0.2, -0.15) is 0 Å². The van der Waals surface area contributed by atoms with Crippen molar-refractivity contribution < 1.29 is 0 Å². The first-order valence-electron chi connectivity index (χ1n) is 5.08. The van der Waals surface area contributed by atoms with Crippen molar-refractivity contribution in [2.24, 2.45) is 0 Å². The third-order valence-corrected chi connectivity index (χ3v) is 4.39. The summed E-state index contributed by atoms with van der Waals surface area (Å²) in [5.41, 5.74) is 7.90. The lowest BCUT2D eigenvalue weighted by atomic mass is 10.2. The van der Waals surface area contributed by atoms with Crippen molar-refractivity contribution in [3.63, 3.8) is 0 Å². The van der Waals surface area contributed by atoms with Gasteiger partial charge in [0.05, 0.1) is 0 Å². The monoisotopic (exact) mass is 327 g/mol. The Bertz CT molecular complexity index is 493. The molecule has 4 heteroatoms. The van der Waals surface area contributed by atoms with E-state index in [1.165, 1.54) is 4.90 Å². The number of rotatable bonds is 3. The molecular weight excluding hydrogens is 318 g/mol. The van der Waals surface area contributed by atoms with Crippen molar-refractivity contribution in [3.8, 4) is 0 Å². The lowest BCUT2D eigenvalue weighted by molar-refractivity contribution is 1.36. The Morgan fingerprint density at radius 1 is 1.12 bits per heavy atom. The van der Waals surface area contributed by atoms with Crippen LogP contribution in [-0.2, 0) is 5.75 Å². The number of hydrogen-bond donors (Lipinski definition) is 1. The minimum Gasteiger partial charge on any atom is -0.398 e. The maximum absolute atomic E-state index is 5.95. The number of nitrogens with two attached hydrogens (primary N) is 1. The van der Waals surface area contributed by atoms with E-state index in [1.54, 1.807) is 11.8 Å². The minimum absolute atomic E-state index is 0.759. The zero-order valence-electron chi connectivity index (χ0n) is 8.99. The zero-order chi connectivity index (χ0) is 12.3. The highest BCUT2D eigenvalue weighted by Crippen LogP contribution is 2.30. The van der Waals surface area contributed by atoms with Crippen LogP contribution < -0.4 is 5.73 Å². The molecule has 0 aromatic heterocycles. The van der Waals surface area contributed by atoms with Crippen LogP contribution >= 0.6 is 39.3 Å². The molecule has 1 nitrogen and oxygen atoms in total. The van der Waals surface area contributed by atoms with Crippen LogP contribution in [0.2, 0.25) is 5.02 Å². The number of halogens is 2. The van der Waals surface area contributed by atoms with Gasteiger partial charge in [0.25, 0.3) is 0 Å². The number of thioether (sulfide) groups is 1. The standard InChI is InChI=1S/C13H11BrClNS/c14-12-2-1-3-13(16)11(12)8-17-10-6-4-9(15)5-7-10/h1-7H,8,16H2. The summed E-state index contributed by atoms with van der Waals surface area (Å²) in [6, 6.07) is 13.7. The Hall–Kier alpha value is -0.640. The second-order valence-electron chi connectivity index (χ2n) is 3.55. The highest BCUT2D eigenvalue weighted by molar-refractivity contribution is 9.10. The molecule has 88 valence electrons. The highest BCUT2D eigenvalue weighted by atomic mass is 79.9. The average Bonchev–Trinajstić information content (AvgIpc) is 2.31. The van der Waals surface area contributed by atoms with Gasteiger partial charge in [0.2, 0.25) is 0 Å². The molecule has 17 heavy (non-hydrogen) atoms. The zero-order valence-corrected chi connectivity index (χ0v) is 12.1. The highest BCUT2D eigenvalue weighted by Gasteiger charge is 2.04. The molecule has 0 saturated heterocycles. The molecule has 2 aromatic rings. The summed E-state index contributed by atoms with van der Waals surface area (Å²) in [6.45, 7) is 0. The van der Waals surface area contributed by atoms with Crippen LogP contribution in [0.3, 0.4) is 0 Å². The van der Waals surface area contributed by atoms with E-state index < -0.39 is 0 Å². The SMILES string of the molecule is Nc1cccc(Br)c1CSc1ccc(Cl)cc1. The summed E-state index contributed by atoms with van der Waals surface area (Å²) >= 11 is 11.1. The predicted molar refractivity (Wildman–Crippen MR) is 79.6 cm³/mol. The van der Waals surface area contributed by atoms with E-state index >= 15 is 0 Å². The number of hydrogen-bond acceptors (Lipinski definition) is 2. The number of anilines is 1. The predicted octanol–water partition coefficient (Wildman–Crippen LogP) is 4.98. The van der Waals surface area contributed by atoms with Crippen molar-refractivity contribution in [2.75, 3.05) is 5.73 Å². The topological polar surface area (TPSA) is 26.0 Å². The van der Waals surface area contributed by atoms with Crippen LogP contribution in [-0.4, -0.2) is 0 Å². The van der Waals surface area contributed by atoms with Gasteiger partial charge in [-0.05, 0) is 42.0 Å². The second-order valence-corrected chi connectivity index (χ2v) is 5.89. The Labute approximate surface area is 118 Å². The van der Waals surface area contributed by atoms with Crippen molar-refractivity contribution in [1.82, 2.24) is 0 Å². The summed E-state index contributed by atoms with van der Waals surface area (Å²) in [4.78, 5) is 1.18. The van der Waals surface area contributed by atoms with Crippen LogP contribution in [0, 0.1) is 0 Å². The maximum Gasteiger partial charge on any atom is 0.0406 e. The van der Waals surface area contributed by atoms with Gasteiger partial charge in [-0.25, -0.2) is 0 Å². The molecule has 0 radical (unpaired) electrons. The van der Waals surface area contributed by atoms with Gasteiger partial charge in [-0.15, -0.1) is 11.8 Å². The van der Waals surface area contributed by atoms with E-state index in [0.717, 1.165) is 26.5 Å². The maximum atomic E-state index is 5.95. The Morgan fingerprint density at radius 3 is 2.47 bits per heavy atom. The minimum atomic E-state index is 0.759. The molecule has 0 atom stereocenters. The molecular formula is C13H11BrClNS. The van der Waals surface area contributed by atoms with Crippen molar-refractivity contribution >= 4 is 45.0 Å². The number of benzene rings is 2. The molecule has 0 aliphatic carbocycles. The van der Waals surface area contributed by atoms with E-state index in [-0.39, 0.29) is 0 Å². The van der Waals surface area contributed by atoms with Gasteiger partial charge in [0.1, 0.15) is 0 Å². The molecule has 0 aliphatic rings. The lowest BCUT2D eigenvalue weighted by Gasteiger charge is -2.07. The molecule has 0 aliphatic heterocycles.